The highest BCUT2D eigenvalue weighted by Gasteiger charge is 2.42. The summed E-state index contributed by atoms with van der Waals surface area (Å²) in [5.74, 6) is -0.443. The number of hydrogen-bond acceptors (Lipinski definition) is 6. The maximum absolute atomic E-state index is 12.5. The third-order valence-corrected chi connectivity index (χ3v) is 6.85. The van der Waals surface area contributed by atoms with E-state index in [2.05, 4.69) is 0 Å². The van der Waals surface area contributed by atoms with Crippen LogP contribution in [0, 0.1) is 6.92 Å². The van der Waals surface area contributed by atoms with Crippen LogP contribution in [0.2, 0.25) is 5.02 Å². The van der Waals surface area contributed by atoms with Crippen LogP contribution in [0.15, 0.2) is 18.2 Å². The summed E-state index contributed by atoms with van der Waals surface area (Å²) in [6.07, 6.45) is 2.15. The molecule has 1 saturated heterocycles. The van der Waals surface area contributed by atoms with Crippen LogP contribution in [0.25, 0.3) is 0 Å². The third kappa shape index (κ3) is 5.35. The molecule has 0 spiro atoms. The molecule has 1 atom stereocenters. The van der Waals surface area contributed by atoms with Crippen LogP contribution in [0.3, 0.4) is 0 Å². The van der Waals surface area contributed by atoms with Crippen LogP contribution in [0.4, 0.5) is 0 Å². The van der Waals surface area contributed by atoms with Gasteiger partial charge in [-0.15, -0.1) is 0 Å². The summed E-state index contributed by atoms with van der Waals surface area (Å²) >= 11 is 5.93. The van der Waals surface area contributed by atoms with Gasteiger partial charge in [0.25, 0.3) is 5.91 Å². The van der Waals surface area contributed by atoms with E-state index >= 15 is 0 Å². The number of benzene rings is 1. The van der Waals surface area contributed by atoms with Gasteiger partial charge >= 0.3 is 5.97 Å². The van der Waals surface area contributed by atoms with E-state index in [-0.39, 0.29) is 36.1 Å². The van der Waals surface area contributed by atoms with Crippen molar-refractivity contribution < 1.29 is 27.5 Å². The maximum Gasteiger partial charge on any atom is 0.344 e. The van der Waals surface area contributed by atoms with Crippen molar-refractivity contribution in [3.8, 4) is 5.75 Å². The normalized spacial score (nSPS) is 20.9. The number of amides is 1. The molecule has 0 radical (unpaired) electrons. The van der Waals surface area contributed by atoms with Crippen molar-refractivity contribution >= 4 is 33.3 Å². The molecular formula is C18H22ClNO6S. The SMILES string of the molecule is Cc1cc(OCC(=O)OCC(=O)N(C2CC2)[C@@H]2CCS(=O)(=O)C2)ccc1Cl. The molecule has 0 bridgehead atoms. The van der Waals surface area contributed by atoms with Crippen molar-refractivity contribution in [2.75, 3.05) is 24.7 Å². The molecule has 0 aromatic heterocycles. The van der Waals surface area contributed by atoms with E-state index in [9.17, 15) is 18.0 Å². The Morgan fingerprint density at radius 3 is 2.52 bits per heavy atom. The molecule has 1 aliphatic heterocycles. The quantitative estimate of drug-likeness (QED) is 0.630. The fourth-order valence-electron chi connectivity index (χ4n) is 3.16. The van der Waals surface area contributed by atoms with Gasteiger partial charge in [0, 0.05) is 17.1 Å². The van der Waals surface area contributed by atoms with Gasteiger partial charge in [0.05, 0.1) is 11.5 Å². The molecule has 1 amide bonds. The van der Waals surface area contributed by atoms with Gasteiger partial charge in [-0.1, -0.05) is 11.6 Å². The van der Waals surface area contributed by atoms with Crippen molar-refractivity contribution in [2.24, 2.45) is 0 Å². The van der Waals surface area contributed by atoms with E-state index in [0.717, 1.165) is 18.4 Å². The second kappa shape index (κ2) is 8.06. The second-order valence-electron chi connectivity index (χ2n) is 6.95. The third-order valence-electron chi connectivity index (χ3n) is 4.67. The van der Waals surface area contributed by atoms with Gasteiger partial charge in [0.15, 0.2) is 23.1 Å². The van der Waals surface area contributed by atoms with Crippen molar-refractivity contribution in [1.82, 2.24) is 4.90 Å². The first-order valence-corrected chi connectivity index (χ1v) is 11.0. The van der Waals surface area contributed by atoms with Crippen molar-refractivity contribution in [1.29, 1.82) is 0 Å². The van der Waals surface area contributed by atoms with Crippen LogP contribution in [0.1, 0.15) is 24.8 Å². The maximum atomic E-state index is 12.5. The van der Waals surface area contributed by atoms with E-state index < -0.39 is 22.4 Å². The summed E-state index contributed by atoms with van der Waals surface area (Å²) in [4.78, 5) is 25.9. The first kappa shape index (κ1) is 19.9. The van der Waals surface area contributed by atoms with Crippen LogP contribution in [-0.2, 0) is 24.2 Å². The number of sulfone groups is 1. The largest absolute Gasteiger partial charge is 0.482 e. The minimum Gasteiger partial charge on any atom is -0.482 e. The molecule has 1 aromatic carbocycles. The number of rotatable bonds is 7. The van der Waals surface area contributed by atoms with Crippen LogP contribution in [0.5, 0.6) is 5.75 Å². The van der Waals surface area contributed by atoms with Gasteiger partial charge in [-0.05, 0) is 49.9 Å². The molecule has 3 rings (SSSR count). The van der Waals surface area contributed by atoms with Gasteiger partial charge in [0.2, 0.25) is 0 Å². The first-order chi connectivity index (χ1) is 12.7. The van der Waals surface area contributed by atoms with Gasteiger partial charge in [0.1, 0.15) is 5.75 Å². The van der Waals surface area contributed by atoms with Gasteiger partial charge in [-0.25, -0.2) is 13.2 Å². The zero-order valence-electron chi connectivity index (χ0n) is 15.0. The lowest BCUT2D eigenvalue weighted by Crippen LogP contribution is -2.45. The Labute approximate surface area is 163 Å². The molecule has 1 aliphatic carbocycles. The summed E-state index contributed by atoms with van der Waals surface area (Å²) in [6.45, 7) is 1.09. The number of carbonyl (C=O) groups is 2. The zero-order chi connectivity index (χ0) is 19.6. The number of hydrogen-bond donors (Lipinski definition) is 0. The Morgan fingerprint density at radius 1 is 1.19 bits per heavy atom. The molecule has 9 heteroatoms. The number of carbonyl (C=O) groups excluding carboxylic acids is 2. The molecule has 0 N–H and O–H groups in total. The summed E-state index contributed by atoms with van der Waals surface area (Å²) in [5.41, 5.74) is 0.823. The number of aryl methyl sites for hydroxylation is 1. The van der Waals surface area contributed by atoms with E-state index in [1.807, 2.05) is 6.92 Å². The van der Waals surface area contributed by atoms with E-state index in [4.69, 9.17) is 21.1 Å². The molecule has 148 valence electrons. The zero-order valence-corrected chi connectivity index (χ0v) is 16.6. The van der Waals surface area contributed by atoms with E-state index in [0.29, 0.717) is 17.2 Å². The Bertz CT molecular complexity index is 836. The van der Waals surface area contributed by atoms with Gasteiger partial charge < -0.3 is 14.4 Å². The van der Waals surface area contributed by atoms with Crippen LogP contribution in [-0.4, -0.2) is 62.0 Å². The average molecular weight is 416 g/mol. The number of ether oxygens (including phenoxy) is 2. The lowest BCUT2D eigenvalue weighted by Gasteiger charge is -2.28. The Balaban J connectivity index is 1.48. The van der Waals surface area contributed by atoms with E-state index in [1.165, 1.54) is 0 Å². The molecule has 27 heavy (non-hydrogen) atoms. The Morgan fingerprint density at radius 2 is 1.93 bits per heavy atom. The topological polar surface area (TPSA) is 90.0 Å². The minimum absolute atomic E-state index is 0.0117. The van der Waals surface area contributed by atoms with Gasteiger partial charge in [-0.3, -0.25) is 4.79 Å². The van der Waals surface area contributed by atoms with Crippen LogP contribution < -0.4 is 4.74 Å². The molecule has 1 aromatic rings. The minimum atomic E-state index is -3.09. The van der Waals surface area contributed by atoms with Gasteiger partial charge in [-0.2, -0.15) is 0 Å². The highest BCUT2D eigenvalue weighted by atomic mass is 35.5. The fourth-order valence-corrected chi connectivity index (χ4v) is 4.99. The lowest BCUT2D eigenvalue weighted by molar-refractivity contribution is -0.154. The molecule has 2 fully saturated rings. The fraction of sp³-hybridized carbons (Fsp3) is 0.556. The Kier molecular flexibility index (Phi) is 5.95. The second-order valence-corrected chi connectivity index (χ2v) is 9.59. The molecular weight excluding hydrogens is 394 g/mol. The lowest BCUT2D eigenvalue weighted by atomic mass is 10.2. The smallest absolute Gasteiger partial charge is 0.344 e. The average Bonchev–Trinajstić information content (AvgIpc) is 3.37. The molecule has 7 nitrogen and oxygen atoms in total. The summed E-state index contributed by atoms with van der Waals surface area (Å²) < 4.78 is 33.8. The summed E-state index contributed by atoms with van der Waals surface area (Å²) in [5, 5.41) is 0.601. The predicted molar refractivity (Wildman–Crippen MR) is 99.6 cm³/mol. The van der Waals surface area contributed by atoms with Crippen molar-refractivity contribution in [2.45, 2.75) is 38.3 Å². The molecule has 1 saturated carbocycles. The number of halogens is 1. The molecule has 1 heterocycles. The number of esters is 1. The highest BCUT2D eigenvalue weighted by molar-refractivity contribution is 7.91. The van der Waals surface area contributed by atoms with E-state index in [1.54, 1.807) is 23.1 Å². The predicted octanol–water partition coefficient (Wildman–Crippen LogP) is 1.75. The summed E-state index contributed by atoms with van der Waals surface area (Å²) in [6, 6.07) is 4.76. The molecule has 2 aliphatic rings. The standard InChI is InChI=1S/C18H22ClNO6S/c1-12-8-15(4-5-16(12)19)25-10-18(22)26-9-17(21)20(13-2-3-13)14-6-7-27(23,24)11-14/h4-5,8,13-14H,2-3,6-7,9-11H2,1H3/t14-/m1/s1. The Hall–Kier alpha value is -1.80. The highest BCUT2D eigenvalue weighted by Crippen LogP contribution is 2.32. The molecule has 0 unspecified atom stereocenters. The van der Waals surface area contributed by atoms with Crippen molar-refractivity contribution in [3.05, 3.63) is 28.8 Å². The van der Waals surface area contributed by atoms with Crippen LogP contribution >= 0.6 is 11.6 Å². The monoisotopic (exact) mass is 415 g/mol. The number of nitrogens with zero attached hydrogens (tertiary/aromatic N) is 1. The summed E-state index contributed by atoms with van der Waals surface area (Å²) in [7, 11) is -3.09. The van der Waals surface area contributed by atoms with Crippen molar-refractivity contribution in [3.63, 3.8) is 0 Å². The first-order valence-electron chi connectivity index (χ1n) is 8.81.